The molecule has 0 aliphatic heterocycles. The predicted molar refractivity (Wildman–Crippen MR) is 74.0 cm³/mol. The minimum atomic E-state index is -0.321. The van der Waals surface area contributed by atoms with Gasteiger partial charge in [0, 0.05) is 12.2 Å². The highest BCUT2D eigenvalue weighted by molar-refractivity contribution is 6.02. The number of carbonyl (C=O) groups excluding carboxylic acids is 2. The van der Waals surface area contributed by atoms with Crippen molar-refractivity contribution in [2.24, 2.45) is 5.73 Å². The Labute approximate surface area is 116 Å². The van der Waals surface area contributed by atoms with E-state index in [9.17, 15) is 9.59 Å². The van der Waals surface area contributed by atoms with E-state index in [0.29, 0.717) is 12.2 Å². The number of benzene rings is 1. The summed E-state index contributed by atoms with van der Waals surface area (Å²) in [6.45, 7) is 0.315. The zero-order valence-electron chi connectivity index (χ0n) is 10.8. The lowest BCUT2D eigenvalue weighted by Crippen LogP contribution is -2.29. The van der Waals surface area contributed by atoms with Gasteiger partial charge < -0.3 is 20.8 Å². The number of anilines is 1. The molecule has 0 aliphatic carbocycles. The van der Waals surface area contributed by atoms with Gasteiger partial charge in [-0.05, 0) is 29.8 Å². The summed E-state index contributed by atoms with van der Waals surface area (Å²) in [7, 11) is 0. The number of furan rings is 1. The van der Waals surface area contributed by atoms with E-state index in [1.54, 1.807) is 30.3 Å². The van der Waals surface area contributed by atoms with Crippen LogP contribution in [-0.4, -0.2) is 18.4 Å². The highest BCUT2D eigenvalue weighted by Crippen LogP contribution is 2.12. The molecule has 20 heavy (non-hydrogen) atoms. The van der Waals surface area contributed by atoms with E-state index >= 15 is 0 Å². The van der Waals surface area contributed by atoms with Gasteiger partial charge in [-0.25, -0.2) is 0 Å². The van der Waals surface area contributed by atoms with Crippen LogP contribution in [0, 0.1) is 0 Å². The standard InChI is InChI=1S/C14H15N3O3/c15-8-13(18)16-9-10-3-1-4-11(7-10)17-14(19)12-5-2-6-20-12/h1-7H,8-9,15H2,(H,16,18)(H,17,19). The molecule has 2 rings (SSSR count). The summed E-state index contributed by atoms with van der Waals surface area (Å²) in [5, 5.41) is 5.38. The molecular formula is C14H15N3O3. The number of amides is 2. The second-order valence-corrected chi connectivity index (χ2v) is 4.11. The van der Waals surface area contributed by atoms with Gasteiger partial charge in [-0.2, -0.15) is 0 Å². The summed E-state index contributed by atoms with van der Waals surface area (Å²) in [5.41, 5.74) is 6.70. The number of rotatable bonds is 5. The highest BCUT2D eigenvalue weighted by Gasteiger charge is 2.08. The smallest absolute Gasteiger partial charge is 0.291 e. The summed E-state index contributed by atoms with van der Waals surface area (Å²) in [4.78, 5) is 22.9. The molecular weight excluding hydrogens is 258 g/mol. The van der Waals surface area contributed by atoms with Crippen LogP contribution < -0.4 is 16.4 Å². The predicted octanol–water partition coefficient (Wildman–Crippen LogP) is 1.11. The van der Waals surface area contributed by atoms with Crippen molar-refractivity contribution in [1.82, 2.24) is 5.32 Å². The third kappa shape index (κ3) is 3.69. The fraction of sp³-hybridized carbons (Fsp3) is 0.143. The largest absolute Gasteiger partial charge is 0.459 e. The van der Waals surface area contributed by atoms with Gasteiger partial charge in [-0.3, -0.25) is 9.59 Å². The molecule has 1 aromatic heterocycles. The summed E-state index contributed by atoms with van der Waals surface area (Å²) < 4.78 is 5.01. The van der Waals surface area contributed by atoms with Crippen molar-refractivity contribution in [2.45, 2.75) is 6.54 Å². The fourth-order valence-corrected chi connectivity index (χ4v) is 1.63. The van der Waals surface area contributed by atoms with Crippen LogP contribution in [0.2, 0.25) is 0 Å². The van der Waals surface area contributed by atoms with Gasteiger partial charge in [0.2, 0.25) is 5.91 Å². The Kier molecular flexibility index (Phi) is 4.52. The Morgan fingerprint density at radius 1 is 1.20 bits per heavy atom. The van der Waals surface area contributed by atoms with Crippen LogP contribution in [0.25, 0.3) is 0 Å². The van der Waals surface area contributed by atoms with Crippen LogP contribution in [0.15, 0.2) is 47.1 Å². The van der Waals surface area contributed by atoms with Crippen LogP contribution in [-0.2, 0) is 11.3 Å². The average molecular weight is 273 g/mol. The van der Waals surface area contributed by atoms with Crippen molar-refractivity contribution in [3.05, 3.63) is 54.0 Å². The third-order valence-electron chi connectivity index (χ3n) is 2.60. The van der Waals surface area contributed by atoms with E-state index in [4.69, 9.17) is 10.2 Å². The topological polar surface area (TPSA) is 97.4 Å². The first-order valence-corrected chi connectivity index (χ1v) is 6.09. The molecule has 104 valence electrons. The molecule has 4 N–H and O–H groups in total. The van der Waals surface area contributed by atoms with Gasteiger partial charge >= 0.3 is 0 Å². The van der Waals surface area contributed by atoms with Crippen LogP contribution in [0.5, 0.6) is 0 Å². The van der Waals surface area contributed by atoms with Gasteiger partial charge in [-0.1, -0.05) is 12.1 Å². The first kappa shape index (κ1) is 13.8. The van der Waals surface area contributed by atoms with E-state index in [1.807, 2.05) is 6.07 Å². The van der Waals surface area contributed by atoms with Gasteiger partial charge in [-0.15, -0.1) is 0 Å². The molecule has 2 amide bonds. The first-order valence-electron chi connectivity index (χ1n) is 6.09. The molecule has 0 unspecified atom stereocenters. The lowest BCUT2D eigenvalue weighted by atomic mass is 10.2. The Morgan fingerprint density at radius 3 is 2.75 bits per heavy atom. The number of hydrogen-bond donors (Lipinski definition) is 3. The fourth-order valence-electron chi connectivity index (χ4n) is 1.63. The molecule has 2 aromatic rings. The van der Waals surface area contributed by atoms with E-state index < -0.39 is 0 Å². The lowest BCUT2D eigenvalue weighted by molar-refractivity contribution is -0.119. The molecule has 0 fully saturated rings. The Hall–Kier alpha value is -2.60. The van der Waals surface area contributed by atoms with E-state index in [1.165, 1.54) is 6.26 Å². The number of carbonyl (C=O) groups is 2. The maximum Gasteiger partial charge on any atom is 0.291 e. The second-order valence-electron chi connectivity index (χ2n) is 4.11. The highest BCUT2D eigenvalue weighted by atomic mass is 16.3. The SMILES string of the molecule is NCC(=O)NCc1cccc(NC(=O)c2ccco2)c1. The zero-order chi connectivity index (χ0) is 14.4. The zero-order valence-corrected chi connectivity index (χ0v) is 10.8. The van der Waals surface area contributed by atoms with Crippen molar-refractivity contribution >= 4 is 17.5 Å². The molecule has 0 saturated heterocycles. The van der Waals surface area contributed by atoms with E-state index in [0.717, 1.165) is 5.56 Å². The van der Waals surface area contributed by atoms with Gasteiger partial charge in [0.15, 0.2) is 5.76 Å². The monoisotopic (exact) mass is 273 g/mol. The third-order valence-corrected chi connectivity index (χ3v) is 2.60. The lowest BCUT2D eigenvalue weighted by Gasteiger charge is -2.07. The molecule has 6 nitrogen and oxygen atoms in total. The number of nitrogens with two attached hydrogens (primary N) is 1. The van der Waals surface area contributed by atoms with Crippen molar-refractivity contribution in [1.29, 1.82) is 0 Å². The Bertz CT molecular complexity index is 593. The maximum absolute atomic E-state index is 11.8. The summed E-state index contributed by atoms with van der Waals surface area (Å²) >= 11 is 0. The van der Waals surface area contributed by atoms with Gasteiger partial charge in [0.25, 0.3) is 5.91 Å². The molecule has 0 radical (unpaired) electrons. The van der Waals surface area contributed by atoms with Gasteiger partial charge in [0.1, 0.15) is 0 Å². The number of nitrogens with one attached hydrogen (secondary N) is 2. The first-order chi connectivity index (χ1) is 9.69. The van der Waals surface area contributed by atoms with Crippen LogP contribution in [0.1, 0.15) is 16.1 Å². The van der Waals surface area contributed by atoms with Crippen molar-refractivity contribution in [3.63, 3.8) is 0 Å². The molecule has 0 aliphatic rings. The summed E-state index contributed by atoms with van der Waals surface area (Å²) in [6.07, 6.45) is 1.44. The Balaban J connectivity index is 1.99. The quantitative estimate of drug-likeness (QED) is 0.760. The summed E-state index contributed by atoms with van der Waals surface area (Å²) in [5.74, 6) is -0.306. The molecule has 1 aromatic carbocycles. The van der Waals surface area contributed by atoms with Crippen molar-refractivity contribution in [2.75, 3.05) is 11.9 Å². The van der Waals surface area contributed by atoms with Crippen molar-refractivity contribution < 1.29 is 14.0 Å². The minimum Gasteiger partial charge on any atom is -0.459 e. The molecule has 0 atom stereocenters. The minimum absolute atomic E-state index is 0.0467. The maximum atomic E-state index is 11.8. The van der Waals surface area contributed by atoms with E-state index in [2.05, 4.69) is 10.6 Å². The van der Waals surface area contributed by atoms with Crippen molar-refractivity contribution in [3.8, 4) is 0 Å². The van der Waals surface area contributed by atoms with Gasteiger partial charge in [0.05, 0.1) is 12.8 Å². The number of hydrogen-bond acceptors (Lipinski definition) is 4. The molecule has 0 bridgehead atoms. The molecule has 6 heteroatoms. The molecule has 0 saturated carbocycles. The summed E-state index contributed by atoms with van der Waals surface area (Å²) in [6, 6.07) is 10.4. The molecule has 1 heterocycles. The van der Waals surface area contributed by atoms with Crippen LogP contribution >= 0.6 is 0 Å². The molecule has 0 spiro atoms. The van der Waals surface area contributed by atoms with Crippen LogP contribution in [0.4, 0.5) is 5.69 Å². The Morgan fingerprint density at radius 2 is 2.05 bits per heavy atom. The normalized spacial score (nSPS) is 10.1. The average Bonchev–Trinajstić information content (AvgIpc) is 2.99. The van der Waals surface area contributed by atoms with E-state index in [-0.39, 0.29) is 24.1 Å². The second kappa shape index (κ2) is 6.53. The van der Waals surface area contributed by atoms with Crippen LogP contribution in [0.3, 0.4) is 0 Å².